The smallest absolute Gasteiger partial charge is 0.197 e. The molecule has 0 atom stereocenters. The summed E-state index contributed by atoms with van der Waals surface area (Å²) >= 11 is 0. The van der Waals surface area contributed by atoms with Gasteiger partial charge in [-0.25, -0.2) is 4.39 Å². The average molecular weight is 580 g/mol. The highest BCUT2D eigenvalue weighted by Gasteiger charge is 2.33. The number of methoxy groups -OCH3 is 3. The molecule has 0 radical (unpaired) electrons. The minimum atomic E-state index is -0.659. The van der Waals surface area contributed by atoms with Gasteiger partial charge in [-0.15, -0.1) is 17.0 Å². The van der Waals surface area contributed by atoms with Crippen molar-refractivity contribution in [2.45, 2.75) is 45.3 Å². The SMILES string of the molecule is Br.COc1cc2c(c(F)c1OC)C(=N)N(CC(=O)c1cc(C(C)C)c(OC)c(N3CCC(O)CC3)c1)C2. The van der Waals surface area contributed by atoms with E-state index in [-0.39, 0.29) is 70.8 Å². The molecule has 0 unspecified atom stereocenters. The molecule has 202 valence electrons. The molecule has 37 heavy (non-hydrogen) atoms. The fourth-order valence-electron chi connectivity index (χ4n) is 5.01. The van der Waals surface area contributed by atoms with Crippen LogP contribution in [0.15, 0.2) is 18.2 Å². The summed E-state index contributed by atoms with van der Waals surface area (Å²) in [6.45, 7) is 5.59. The number of Topliss-reactive ketones (excluding diaryl/α,β-unsaturated/α-hetero) is 1. The number of piperidine rings is 1. The molecule has 10 heteroatoms. The first kappa shape index (κ1) is 28.7. The van der Waals surface area contributed by atoms with Crippen LogP contribution in [0.25, 0.3) is 0 Å². The topological polar surface area (TPSA) is 95.3 Å². The molecule has 1 saturated heterocycles. The molecular weight excluding hydrogens is 545 g/mol. The van der Waals surface area contributed by atoms with Gasteiger partial charge in [0.05, 0.1) is 45.2 Å². The largest absolute Gasteiger partial charge is 0.494 e. The Labute approximate surface area is 227 Å². The van der Waals surface area contributed by atoms with Gasteiger partial charge in [-0.1, -0.05) is 13.8 Å². The number of benzene rings is 2. The molecule has 2 N–H and O–H groups in total. The molecule has 0 saturated carbocycles. The number of hydrogen-bond acceptors (Lipinski definition) is 7. The second-order valence-electron chi connectivity index (χ2n) is 9.58. The van der Waals surface area contributed by atoms with Crippen LogP contribution in [0.1, 0.15) is 59.7 Å². The molecule has 2 aliphatic heterocycles. The fourth-order valence-corrected chi connectivity index (χ4v) is 5.01. The molecule has 8 nitrogen and oxygen atoms in total. The third-order valence-corrected chi connectivity index (χ3v) is 6.99. The van der Waals surface area contributed by atoms with Crippen molar-refractivity contribution in [3.8, 4) is 17.2 Å². The predicted octanol–water partition coefficient (Wildman–Crippen LogP) is 4.54. The number of ether oxygens (including phenoxy) is 3. The lowest BCUT2D eigenvalue weighted by Gasteiger charge is -2.33. The number of halogens is 2. The summed E-state index contributed by atoms with van der Waals surface area (Å²) in [4.78, 5) is 17.2. The Balaban J connectivity index is 0.00000380. The van der Waals surface area contributed by atoms with Crippen molar-refractivity contribution in [2.75, 3.05) is 45.9 Å². The quantitative estimate of drug-likeness (QED) is 0.443. The van der Waals surface area contributed by atoms with E-state index in [1.54, 1.807) is 18.1 Å². The number of aliphatic hydroxyl groups is 1. The van der Waals surface area contributed by atoms with Crippen LogP contribution in [0.3, 0.4) is 0 Å². The highest BCUT2D eigenvalue weighted by molar-refractivity contribution is 8.93. The van der Waals surface area contributed by atoms with Gasteiger partial charge in [0.15, 0.2) is 23.1 Å². The maximum absolute atomic E-state index is 15.1. The third-order valence-electron chi connectivity index (χ3n) is 6.99. The number of carbonyl (C=O) groups is 1. The van der Waals surface area contributed by atoms with Gasteiger partial charge in [-0.2, -0.15) is 0 Å². The Hall–Kier alpha value is -2.85. The van der Waals surface area contributed by atoms with Gasteiger partial charge in [0.1, 0.15) is 11.6 Å². The zero-order chi connectivity index (χ0) is 26.1. The molecule has 0 spiro atoms. The van der Waals surface area contributed by atoms with Gasteiger partial charge >= 0.3 is 0 Å². The monoisotopic (exact) mass is 579 g/mol. The number of aliphatic hydroxyl groups excluding tert-OH is 1. The van der Waals surface area contributed by atoms with Gasteiger partial charge in [0.25, 0.3) is 0 Å². The van der Waals surface area contributed by atoms with Gasteiger partial charge in [0.2, 0.25) is 0 Å². The van der Waals surface area contributed by atoms with Gasteiger partial charge in [-0.3, -0.25) is 10.2 Å². The van der Waals surface area contributed by atoms with Crippen LogP contribution in [0, 0.1) is 11.2 Å². The van der Waals surface area contributed by atoms with E-state index in [9.17, 15) is 9.90 Å². The van der Waals surface area contributed by atoms with Crippen LogP contribution in [0.4, 0.5) is 10.1 Å². The minimum Gasteiger partial charge on any atom is -0.494 e. The predicted molar refractivity (Wildman–Crippen MR) is 146 cm³/mol. The van der Waals surface area contributed by atoms with Crippen molar-refractivity contribution in [2.24, 2.45) is 0 Å². The summed E-state index contributed by atoms with van der Waals surface area (Å²) in [7, 11) is 4.41. The van der Waals surface area contributed by atoms with E-state index >= 15 is 4.39 Å². The number of nitrogens with one attached hydrogen (secondary N) is 1. The van der Waals surface area contributed by atoms with Crippen molar-refractivity contribution >= 4 is 34.3 Å². The van der Waals surface area contributed by atoms with Crippen molar-refractivity contribution in [1.82, 2.24) is 4.90 Å². The number of rotatable bonds is 8. The lowest BCUT2D eigenvalue weighted by molar-refractivity contribution is 0.0962. The van der Waals surface area contributed by atoms with E-state index in [0.717, 1.165) is 17.0 Å². The second kappa shape index (κ2) is 11.7. The van der Waals surface area contributed by atoms with Crippen LogP contribution in [-0.4, -0.2) is 68.7 Å². The fraction of sp³-hybridized carbons (Fsp3) is 0.481. The average Bonchev–Trinajstić information content (AvgIpc) is 3.18. The summed E-state index contributed by atoms with van der Waals surface area (Å²) in [5.74, 6) is 0.165. The van der Waals surface area contributed by atoms with E-state index in [0.29, 0.717) is 37.1 Å². The van der Waals surface area contributed by atoms with Crippen LogP contribution in [0.5, 0.6) is 17.2 Å². The number of fused-ring (bicyclic) bond motifs is 1. The van der Waals surface area contributed by atoms with E-state index in [4.69, 9.17) is 19.6 Å². The highest BCUT2D eigenvalue weighted by atomic mass is 79.9. The van der Waals surface area contributed by atoms with Gasteiger partial charge < -0.3 is 29.1 Å². The summed E-state index contributed by atoms with van der Waals surface area (Å²) in [5.41, 5.74) is 2.97. The molecule has 2 aromatic carbocycles. The van der Waals surface area contributed by atoms with Crippen molar-refractivity contribution in [1.29, 1.82) is 5.41 Å². The molecule has 4 rings (SSSR count). The maximum Gasteiger partial charge on any atom is 0.197 e. The Morgan fingerprint density at radius 1 is 1.11 bits per heavy atom. The number of hydrogen-bond donors (Lipinski definition) is 2. The number of ketones is 1. The van der Waals surface area contributed by atoms with E-state index < -0.39 is 5.82 Å². The number of amidine groups is 1. The lowest BCUT2D eigenvalue weighted by Crippen LogP contribution is -2.36. The van der Waals surface area contributed by atoms with Crippen LogP contribution >= 0.6 is 17.0 Å². The van der Waals surface area contributed by atoms with Crippen LogP contribution in [-0.2, 0) is 6.54 Å². The van der Waals surface area contributed by atoms with Gasteiger partial charge in [-0.05, 0) is 48.1 Å². The molecular formula is C27H35BrFN3O5. The normalized spacial score (nSPS) is 15.5. The molecule has 2 heterocycles. The lowest BCUT2D eigenvalue weighted by atomic mass is 9.95. The van der Waals surface area contributed by atoms with Gasteiger partial charge in [0, 0.05) is 25.2 Å². The summed E-state index contributed by atoms with van der Waals surface area (Å²) < 4.78 is 31.3. The standard InChI is InChI=1S/C27H34FN3O5.BrH/c1-15(2)19-10-16(11-20(25(19)35-4)30-8-6-18(32)7-9-30)21(33)14-31-13-17-12-22(34-3)26(36-5)24(28)23(17)27(31)29;/h10-12,15,18,29,32H,6-9,13-14H2,1-5H3;1H. The first-order valence-corrected chi connectivity index (χ1v) is 12.1. The zero-order valence-corrected chi connectivity index (χ0v) is 23.6. The highest BCUT2D eigenvalue weighted by Crippen LogP contribution is 2.40. The first-order valence-electron chi connectivity index (χ1n) is 12.1. The summed E-state index contributed by atoms with van der Waals surface area (Å²) in [6.07, 6.45) is 0.988. The molecule has 1 fully saturated rings. The Morgan fingerprint density at radius 2 is 1.76 bits per heavy atom. The van der Waals surface area contributed by atoms with E-state index in [2.05, 4.69) is 4.90 Å². The second-order valence-corrected chi connectivity index (χ2v) is 9.58. The maximum atomic E-state index is 15.1. The first-order chi connectivity index (χ1) is 17.2. The Bertz CT molecular complexity index is 1180. The summed E-state index contributed by atoms with van der Waals surface area (Å²) in [6, 6.07) is 5.35. The summed E-state index contributed by atoms with van der Waals surface area (Å²) in [5, 5.41) is 18.5. The Morgan fingerprint density at radius 3 is 2.32 bits per heavy atom. The molecule has 0 bridgehead atoms. The molecule has 2 aromatic rings. The van der Waals surface area contributed by atoms with Crippen molar-refractivity contribution < 1.29 is 28.5 Å². The van der Waals surface area contributed by atoms with Crippen molar-refractivity contribution in [3.05, 3.63) is 46.3 Å². The van der Waals surface area contributed by atoms with Crippen LogP contribution < -0.4 is 19.1 Å². The molecule has 0 aromatic heterocycles. The van der Waals surface area contributed by atoms with Crippen LogP contribution in [0.2, 0.25) is 0 Å². The van der Waals surface area contributed by atoms with Crippen molar-refractivity contribution in [3.63, 3.8) is 0 Å². The van der Waals surface area contributed by atoms with E-state index in [1.165, 1.54) is 14.2 Å². The van der Waals surface area contributed by atoms with E-state index in [1.807, 2.05) is 26.0 Å². The number of nitrogens with zero attached hydrogens (tertiary/aromatic N) is 2. The molecule has 0 amide bonds. The minimum absolute atomic E-state index is 0. The zero-order valence-electron chi connectivity index (χ0n) is 21.9. The number of anilines is 1. The third kappa shape index (κ3) is 5.40. The number of carbonyl (C=O) groups excluding carboxylic acids is 1. The Kier molecular flexibility index (Phi) is 9.07. The molecule has 2 aliphatic rings. The molecule has 0 aliphatic carbocycles.